The quantitative estimate of drug-likeness (QED) is 0.804. The Morgan fingerprint density at radius 2 is 1.76 bits per heavy atom. The van der Waals surface area contributed by atoms with Crippen molar-refractivity contribution in [3.63, 3.8) is 0 Å². The number of nitrogens with zero attached hydrogens (tertiary/aromatic N) is 1. The van der Waals surface area contributed by atoms with E-state index in [-0.39, 0.29) is 18.4 Å². The first kappa shape index (κ1) is 17.0. The molecule has 1 rings (SSSR count). The van der Waals surface area contributed by atoms with Crippen LogP contribution in [0, 0.1) is 5.92 Å². The van der Waals surface area contributed by atoms with Gasteiger partial charge in [-0.25, -0.2) is 0 Å². The molecule has 1 unspecified atom stereocenters. The van der Waals surface area contributed by atoms with Crippen LogP contribution in [0.2, 0.25) is 0 Å². The summed E-state index contributed by atoms with van der Waals surface area (Å²) in [6, 6.07) is 9.03. The highest BCUT2D eigenvalue weighted by atomic mass is 16.2. The minimum absolute atomic E-state index is 0.0724. The molecule has 0 bridgehead atoms. The molecule has 0 fully saturated rings. The summed E-state index contributed by atoms with van der Waals surface area (Å²) in [6.07, 6.45) is 0.633. The molecule has 0 saturated heterocycles. The fourth-order valence-corrected chi connectivity index (χ4v) is 1.99. The number of carbonyl (C=O) groups is 2. The highest BCUT2D eigenvalue weighted by Crippen LogP contribution is 2.07. The van der Waals surface area contributed by atoms with Crippen LogP contribution in [0.25, 0.3) is 0 Å². The first-order valence-corrected chi connectivity index (χ1v) is 7.19. The van der Waals surface area contributed by atoms with Crippen molar-refractivity contribution in [2.75, 3.05) is 26.0 Å². The van der Waals surface area contributed by atoms with Crippen molar-refractivity contribution in [3.8, 4) is 0 Å². The van der Waals surface area contributed by atoms with Crippen LogP contribution in [0.5, 0.6) is 0 Å². The predicted octanol–water partition coefficient (Wildman–Crippen LogP) is 1.72. The number of likely N-dealkylation sites (N-methyl/N-ethyl adjacent to an activating group) is 1. The molecule has 0 aliphatic rings. The van der Waals surface area contributed by atoms with Crippen molar-refractivity contribution in [1.29, 1.82) is 0 Å². The van der Waals surface area contributed by atoms with Crippen LogP contribution in [0.3, 0.4) is 0 Å². The van der Waals surface area contributed by atoms with Gasteiger partial charge in [0.05, 0.1) is 6.54 Å². The van der Waals surface area contributed by atoms with Gasteiger partial charge in [-0.1, -0.05) is 32.0 Å². The summed E-state index contributed by atoms with van der Waals surface area (Å²) < 4.78 is 0. The van der Waals surface area contributed by atoms with E-state index in [0.29, 0.717) is 12.3 Å². The second kappa shape index (κ2) is 8.29. The number of nitrogens with one attached hydrogen (secondary N) is 2. The summed E-state index contributed by atoms with van der Waals surface area (Å²) in [5.74, 6) is 0.0812. The average molecular weight is 291 g/mol. The van der Waals surface area contributed by atoms with Crippen molar-refractivity contribution in [2.24, 2.45) is 5.92 Å². The van der Waals surface area contributed by atoms with Crippen molar-refractivity contribution < 1.29 is 9.59 Å². The molecule has 21 heavy (non-hydrogen) atoms. The molecule has 5 heteroatoms. The number of carbonyl (C=O) groups excluding carboxylic acids is 2. The van der Waals surface area contributed by atoms with Gasteiger partial charge in [-0.3, -0.25) is 9.59 Å². The lowest BCUT2D eigenvalue weighted by Gasteiger charge is -2.23. The molecule has 1 aromatic carbocycles. The maximum absolute atomic E-state index is 12.1. The van der Waals surface area contributed by atoms with E-state index in [2.05, 4.69) is 10.6 Å². The zero-order valence-corrected chi connectivity index (χ0v) is 13.2. The van der Waals surface area contributed by atoms with E-state index in [9.17, 15) is 9.59 Å². The van der Waals surface area contributed by atoms with E-state index in [1.54, 1.807) is 14.1 Å². The maximum Gasteiger partial charge on any atom is 0.244 e. The van der Waals surface area contributed by atoms with Crippen molar-refractivity contribution in [2.45, 2.75) is 26.3 Å². The molecule has 2 amide bonds. The smallest absolute Gasteiger partial charge is 0.244 e. The Hall–Kier alpha value is -2.04. The second-order valence-corrected chi connectivity index (χ2v) is 5.70. The normalized spacial score (nSPS) is 11.9. The highest BCUT2D eigenvalue weighted by molar-refractivity contribution is 5.89. The minimum Gasteiger partial charge on any atom is -0.376 e. The van der Waals surface area contributed by atoms with Gasteiger partial charge in [-0.2, -0.15) is 0 Å². The van der Waals surface area contributed by atoms with Gasteiger partial charge in [0, 0.05) is 19.8 Å². The van der Waals surface area contributed by atoms with E-state index < -0.39 is 6.04 Å². The SMILES string of the molecule is CC(C)CC(NC(=O)CNc1ccccc1)C(=O)N(C)C. The summed E-state index contributed by atoms with van der Waals surface area (Å²) in [5, 5.41) is 5.84. The first-order valence-electron chi connectivity index (χ1n) is 7.19. The van der Waals surface area contributed by atoms with E-state index in [1.807, 2.05) is 44.2 Å². The van der Waals surface area contributed by atoms with Crippen LogP contribution in [-0.4, -0.2) is 43.4 Å². The number of hydrogen-bond donors (Lipinski definition) is 2. The Morgan fingerprint density at radius 3 is 2.29 bits per heavy atom. The summed E-state index contributed by atoms with van der Waals surface area (Å²) in [7, 11) is 3.40. The number of anilines is 1. The number of amides is 2. The summed E-state index contributed by atoms with van der Waals surface area (Å²) in [4.78, 5) is 25.6. The van der Waals surface area contributed by atoms with E-state index in [4.69, 9.17) is 0 Å². The monoisotopic (exact) mass is 291 g/mol. The third-order valence-corrected chi connectivity index (χ3v) is 3.01. The zero-order chi connectivity index (χ0) is 15.8. The summed E-state index contributed by atoms with van der Waals surface area (Å²) in [6.45, 7) is 4.22. The third kappa shape index (κ3) is 6.29. The molecule has 1 atom stereocenters. The van der Waals surface area contributed by atoms with Crippen LogP contribution >= 0.6 is 0 Å². The van der Waals surface area contributed by atoms with Crippen LogP contribution in [-0.2, 0) is 9.59 Å². The van der Waals surface area contributed by atoms with Gasteiger partial charge < -0.3 is 15.5 Å². The second-order valence-electron chi connectivity index (χ2n) is 5.70. The van der Waals surface area contributed by atoms with E-state index in [0.717, 1.165) is 5.69 Å². The van der Waals surface area contributed by atoms with Crippen molar-refractivity contribution >= 4 is 17.5 Å². The molecule has 0 spiro atoms. The minimum atomic E-state index is -0.468. The lowest BCUT2D eigenvalue weighted by Crippen LogP contribution is -2.48. The van der Waals surface area contributed by atoms with Gasteiger partial charge in [-0.05, 0) is 24.5 Å². The lowest BCUT2D eigenvalue weighted by atomic mass is 10.0. The predicted molar refractivity (Wildman–Crippen MR) is 85.0 cm³/mol. The van der Waals surface area contributed by atoms with Crippen LogP contribution < -0.4 is 10.6 Å². The average Bonchev–Trinajstić information content (AvgIpc) is 2.44. The topological polar surface area (TPSA) is 61.4 Å². The molecule has 0 aromatic heterocycles. The Balaban J connectivity index is 2.53. The first-order chi connectivity index (χ1) is 9.90. The molecule has 0 radical (unpaired) electrons. The summed E-state index contributed by atoms with van der Waals surface area (Å²) in [5.41, 5.74) is 0.881. The molecule has 1 aromatic rings. The Bertz CT molecular complexity index is 458. The molecule has 116 valence electrons. The molecule has 0 saturated carbocycles. The number of hydrogen-bond acceptors (Lipinski definition) is 3. The Labute approximate surface area is 126 Å². The zero-order valence-electron chi connectivity index (χ0n) is 13.2. The van der Waals surface area contributed by atoms with Crippen molar-refractivity contribution in [1.82, 2.24) is 10.2 Å². The van der Waals surface area contributed by atoms with Gasteiger partial charge in [0.15, 0.2) is 0 Å². The van der Waals surface area contributed by atoms with Crippen LogP contribution in [0.15, 0.2) is 30.3 Å². The highest BCUT2D eigenvalue weighted by Gasteiger charge is 2.23. The summed E-state index contributed by atoms with van der Waals surface area (Å²) >= 11 is 0. The Kier molecular flexibility index (Phi) is 6.72. The number of para-hydroxylation sites is 1. The van der Waals surface area contributed by atoms with Crippen molar-refractivity contribution in [3.05, 3.63) is 30.3 Å². The van der Waals surface area contributed by atoms with Gasteiger partial charge in [-0.15, -0.1) is 0 Å². The van der Waals surface area contributed by atoms with Gasteiger partial charge in [0.1, 0.15) is 6.04 Å². The third-order valence-electron chi connectivity index (χ3n) is 3.01. The molecular formula is C16H25N3O2. The lowest BCUT2D eigenvalue weighted by molar-refractivity contribution is -0.134. The molecular weight excluding hydrogens is 266 g/mol. The van der Waals surface area contributed by atoms with E-state index >= 15 is 0 Å². The van der Waals surface area contributed by atoms with Gasteiger partial charge >= 0.3 is 0 Å². The molecule has 0 aliphatic carbocycles. The van der Waals surface area contributed by atoms with Crippen LogP contribution in [0.1, 0.15) is 20.3 Å². The number of rotatable bonds is 7. The fourth-order valence-electron chi connectivity index (χ4n) is 1.99. The molecule has 5 nitrogen and oxygen atoms in total. The fraction of sp³-hybridized carbons (Fsp3) is 0.500. The largest absolute Gasteiger partial charge is 0.376 e. The number of benzene rings is 1. The standard InChI is InChI=1S/C16H25N3O2/c1-12(2)10-14(16(21)19(3)4)18-15(20)11-17-13-8-6-5-7-9-13/h5-9,12,14,17H,10-11H2,1-4H3,(H,18,20). The maximum atomic E-state index is 12.1. The van der Waals surface area contributed by atoms with Crippen LogP contribution in [0.4, 0.5) is 5.69 Å². The molecule has 2 N–H and O–H groups in total. The Morgan fingerprint density at radius 1 is 1.14 bits per heavy atom. The molecule has 0 heterocycles. The van der Waals surface area contributed by atoms with Gasteiger partial charge in [0.2, 0.25) is 11.8 Å². The van der Waals surface area contributed by atoms with E-state index in [1.165, 1.54) is 4.90 Å². The molecule has 0 aliphatic heterocycles. The van der Waals surface area contributed by atoms with Gasteiger partial charge in [0.25, 0.3) is 0 Å².